The maximum atomic E-state index is 13.5. The highest BCUT2D eigenvalue weighted by molar-refractivity contribution is 8.13. The molecule has 0 saturated carbocycles. The van der Waals surface area contributed by atoms with Crippen LogP contribution in [0.1, 0.15) is 15.9 Å². The van der Waals surface area contributed by atoms with Crippen LogP contribution in [0.3, 0.4) is 0 Å². The molecule has 0 aromatic heterocycles. The number of rotatable bonds is 2. The van der Waals surface area contributed by atoms with Crippen molar-refractivity contribution in [2.24, 2.45) is 0 Å². The van der Waals surface area contributed by atoms with E-state index in [2.05, 4.69) is 4.74 Å². The van der Waals surface area contributed by atoms with Crippen molar-refractivity contribution in [1.29, 1.82) is 0 Å². The van der Waals surface area contributed by atoms with E-state index in [1.165, 1.54) is 0 Å². The molecule has 1 aromatic rings. The summed E-state index contributed by atoms with van der Waals surface area (Å²) < 4.78 is 77.2. The van der Waals surface area contributed by atoms with Crippen LogP contribution in [0.25, 0.3) is 0 Å². The Kier molecular flexibility index (Phi) is 4.11. The van der Waals surface area contributed by atoms with E-state index in [0.717, 1.165) is 7.11 Å². The van der Waals surface area contributed by atoms with Crippen LogP contribution >= 0.6 is 10.7 Å². The molecule has 0 unspecified atom stereocenters. The smallest absolute Gasteiger partial charge is 0.419 e. The first-order valence-corrected chi connectivity index (χ1v) is 6.73. The Labute approximate surface area is 109 Å². The van der Waals surface area contributed by atoms with Gasteiger partial charge in [0.05, 0.1) is 23.1 Å². The van der Waals surface area contributed by atoms with Gasteiger partial charge in [-0.2, -0.15) is 13.2 Å². The Morgan fingerprint density at radius 2 is 1.84 bits per heavy atom. The molecule has 0 aliphatic heterocycles. The lowest BCUT2D eigenvalue weighted by molar-refractivity contribution is -0.140. The number of carbonyl (C=O) groups is 1. The van der Waals surface area contributed by atoms with Crippen molar-refractivity contribution in [2.75, 3.05) is 7.11 Å². The van der Waals surface area contributed by atoms with Crippen LogP contribution in [0.5, 0.6) is 0 Å². The van der Waals surface area contributed by atoms with E-state index in [-0.39, 0.29) is 6.07 Å². The van der Waals surface area contributed by atoms with Gasteiger partial charge in [0.2, 0.25) is 0 Å². The van der Waals surface area contributed by atoms with E-state index in [1.807, 2.05) is 0 Å². The van der Waals surface area contributed by atoms with E-state index in [4.69, 9.17) is 10.7 Å². The van der Waals surface area contributed by atoms with E-state index in [0.29, 0.717) is 6.07 Å². The number of ether oxygens (including phenoxy) is 1. The molecular weight excluding hydrogens is 316 g/mol. The summed E-state index contributed by atoms with van der Waals surface area (Å²) in [6.45, 7) is 0. The average molecular weight is 321 g/mol. The first-order valence-electron chi connectivity index (χ1n) is 4.42. The lowest BCUT2D eigenvalue weighted by Gasteiger charge is -2.12. The Morgan fingerprint density at radius 1 is 1.32 bits per heavy atom. The Hall–Kier alpha value is -1.35. The number of methoxy groups -OCH3 is 1. The second-order valence-electron chi connectivity index (χ2n) is 3.26. The molecule has 0 spiro atoms. The van der Waals surface area contributed by atoms with E-state index in [9.17, 15) is 30.8 Å². The molecule has 0 N–H and O–H groups in total. The van der Waals surface area contributed by atoms with Crippen molar-refractivity contribution >= 4 is 25.7 Å². The highest BCUT2D eigenvalue weighted by atomic mass is 35.7. The van der Waals surface area contributed by atoms with Crippen LogP contribution < -0.4 is 0 Å². The van der Waals surface area contributed by atoms with Crippen LogP contribution in [-0.2, 0) is 20.0 Å². The Bertz CT molecular complexity index is 624. The molecule has 1 aromatic carbocycles. The molecule has 106 valence electrons. The number of carbonyl (C=O) groups excluding carboxylic acids is 1. The molecule has 0 amide bonds. The molecule has 19 heavy (non-hydrogen) atoms. The third-order valence-corrected chi connectivity index (χ3v) is 3.37. The van der Waals surface area contributed by atoms with Crippen LogP contribution in [0.15, 0.2) is 17.0 Å². The first kappa shape index (κ1) is 15.7. The van der Waals surface area contributed by atoms with E-state index >= 15 is 0 Å². The predicted octanol–water partition coefficient (Wildman–Crippen LogP) is 2.56. The second-order valence-corrected chi connectivity index (χ2v) is 5.83. The Balaban J connectivity index is 3.72. The number of hydrogen-bond acceptors (Lipinski definition) is 4. The highest BCUT2D eigenvalue weighted by Crippen LogP contribution is 2.35. The van der Waals surface area contributed by atoms with E-state index < -0.39 is 43.0 Å². The largest absolute Gasteiger partial charge is 0.465 e. The predicted molar refractivity (Wildman–Crippen MR) is 55.8 cm³/mol. The maximum Gasteiger partial charge on any atom is 0.419 e. The number of benzene rings is 1. The van der Waals surface area contributed by atoms with Gasteiger partial charge in [-0.05, 0) is 12.1 Å². The van der Waals surface area contributed by atoms with Crippen molar-refractivity contribution in [3.63, 3.8) is 0 Å². The average Bonchev–Trinajstić information content (AvgIpc) is 2.25. The fraction of sp³-hybridized carbons (Fsp3) is 0.222. The number of hydrogen-bond donors (Lipinski definition) is 0. The summed E-state index contributed by atoms with van der Waals surface area (Å²) in [5, 5.41) is 0. The topological polar surface area (TPSA) is 60.4 Å². The lowest BCUT2D eigenvalue weighted by Crippen LogP contribution is -2.15. The van der Waals surface area contributed by atoms with Gasteiger partial charge in [0.1, 0.15) is 5.82 Å². The van der Waals surface area contributed by atoms with Gasteiger partial charge in [-0.25, -0.2) is 17.6 Å². The first-order chi connectivity index (χ1) is 8.48. The van der Waals surface area contributed by atoms with Gasteiger partial charge >= 0.3 is 12.1 Å². The van der Waals surface area contributed by atoms with Gasteiger partial charge < -0.3 is 4.74 Å². The number of halogens is 5. The van der Waals surface area contributed by atoms with Gasteiger partial charge in [0.25, 0.3) is 9.05 Å². The van der Waals surface area contributed by atoms with Gasteiger partial charge in [-0.1, -0.05) is 0 Å². The van der Waals surface area contributed by atoms with Gasteiger partial charge in [0, 0.05) is 10.7 Å². The van der Waals surface area contributed by atoms with Crippen LogP contribution in [-0.4, -0.2) is 21.5 Å². The third-order valence-electron chi connectivity index (χ3n) is 2.04. The summed E-state index contributed by atoms with van der Waals surface area (Å²) in [7, 11) is 1.12. The summed E-state index contributed by atoms with van der Waals surface area (Å²) in [6.07, 6.45) is -5.19. The standard InChI is InChI=1S/C9H5ClF4O4S/c1-18-8(15)5-2-4(19(10,16)17)3-6(7(5)11)9(12,13)14/h2-3H,1H3. The SMILES string of the molecule is COC(=O)c1cc(S(=O)(=O)Cl)cc(C(F)(F)F)c1F. The minimum atomic E-state index is -5.19. The Morgan fingerprint density at radius 3 is 2.21 bits per heavy atom. The molecule has 10 heteroatoms. The molecule has 0 fully saturated rings. The highest BCUT2D eigenvalue weighted by Gasteiger charge is 2.38. The molecule has 4 nitrogen and oxygen atoms in total. The molecule has 0 aliphatic rings. The van der Waals surface area contributed by atoms with Crippen molar-refractivity contribution in [2.45, 2.75) is 11.1 Å². The lowest BCUT2D eigenvalue weighted by atomic mass is 10.1. The maximum absolute atomic E-state index is 13.5. The van der Waals surface area contributed by atoms with Crippen molar-refractivity contribution < 1.29 is 35.5 Å². The second kappa shape index (κ2) is 4.97. The molecule has 0 heterocycles. The van der Waals surface area contributed by atoms with Crippen molar-refractivity contribution in [3.8, 4) is 0 Å². The zero-order valence-corrected chi connectivity index (χ0v) is 10.7. The van der Waals surface area contributed by atoms with Gasteiger partial charge in [0.15, 0.2) is 0 Å². The molecule has 0 bridgehead atoms. The molecular formula is C9H5ClF4O4S. The third kappa shape index (κ3) is 3.35. The quantitative estimate of drug-likeness (QED) is 0.477. The minimum absolute atomic E-state index is 0.00407. The van der Waals surface area contributed by atoms with Crippen LogP contribution in [0, 0.1) is 5.82 Å². The van der Waals surface area contributed by atoms with Crippen molar-refractivity contribution in [3.05, 3.63) is 29.1 Å². The summed E-state index contributed by atoms with van der Waals surface area (Å²) in [5.74, 6) is -3.38. The summed E-state index contributed by atoms with van der Waals surface area (Å²) in [4.78, 5) is 10.1. The fourth-order valence-corrected chi connectivity index (χ4v) is 1.99. The number of esters is 1. The summed E-state index contributed by atoms with van der Waals surface area (Å²) >= 11 is 0. The monoisotopic (exact) mass is 320 g/mol. The van der Waals surface area contributed by atoms with Crippen LogP contribution in [0.2, 0.25) is 0 Å². The molecule has 0 atom stereocenters. The fourth-order valence-electron chi connectivity index (χ4n) is 1.20. The number of alkyl halides is 3. The zero-order valence-electron chi connectivity index (χ0n) is 9.09. The molecule has 1 rings (SSSR count). The van der Waals surface area contributed by atoms with Crippen LogP contribution in [0.4, 0.5) is 17.6 Å². The normalized spacial score (nSPS) is 12.3. The zero-order chi connectivity index (χ0) is 15.0. The molecule has 0 saturated heterocycles. The summed E-state index contributed by atoms with van der Waals surface area (Å²) in [6, 6.07) is 0.378. The van der Waals surface area contributed by atoms with E-state index in [1.54, 1.807) is 0 Å². The summed E-state index contributed by atoms with van der Waals surface area (Å²) in [5.41, 5.74) is -3.09. The van der Waals surface area contributed by atoms with Gasteiger partial charge in [-0.3, -0.25) is 0 Å². The molecule has 0 radical (unpaired) electrons. The van der Waals surface area contributed by atoms with Crippen molar-refractivity contribution in [1.82, 2.24) is 0 Å². The minimum Gasteiger partial charge on any atom is -0.465 e. The molecule has 0 aliphatic carbocycles. The van der Waals surface area contributed by atoms with Gasteiger partial charge in [-0.15, -0.1) is 0 Å².